The normalized spacial score (nSPS) is 11.7. The molecule has 0 aromatic heterocycles. The van der Waals surface area contributed by atoms with E-state index in [1.807, 2.05) is 39.0 Å². The van der Waals surface area contributed by atoms with E-state index in [-0.39, 0.29) is 11.6 Å². The second-order valence-corrected chi connectivity index (χ2v) is 6.08. The van der Waals surface area contributed by atoms with Crippen molar-refractivity contribution in [3.8, 4) is 5.75 Å². The molecule has 2 aromatic carbocycles. The van der Waals surface area contributed by atoms with Crippen molar-refractivity contribution in [1.82, 2.24) is 0 Å². The number of aryl methyl sites for hydroxylation is 3. The van der Waals surface area contributed by atoms with E-state index in [1.165, 1.54) is 12.1 Å². The molecule has 0 saturated heterocycles. The van der Waals surface area contributed by atoms with Crippen molar-refractivity contribution in [2.75, 3.05) is 5.32 Å². The minimum absolute atomic E-state index is 0.0656. The third-order valence-electron chi connectivity index (χ3n) is 3.83. The van der Waals surface area contributed by atoms with Gasteiger partial charge in [-0.1, -0.05) is 19.1 Å². The van der Waals surface area contributed by atoms with E-state index in [0.717, 1.165) is 16.7 Å². The first-order valence-electron chi connectivity index (χ1n) is 8.11. The van der Waals surface area contributed by atoms with Crippen LogP contribution < -0.4 is 10.1 Å². The number of ether oxygens (including phenoxy) is 1. The molecule has 1 N–H and O–H groups in total. The van der Waals surface area contributed by atoms with Crippen molar-refractivity contribution in [3.05, 3.63) is 63.2 Å². The molecule has 2 aromatic rings. The maximum absolute atomic E-state index is 12.5. The second kappa shape index (κ2) is 7.79. The van der Waals surface area contributed by atoms with Crippen molar-refractivity contribution in [1.29, 1.82) is 0 Å². The van der Waals surface area contributed by atoms with Gasteiger partial charge >= 0.3 is 0 Å². The molecule has 132 valence electrons. The number of hydrogen-bond acceptors (Lipinski definition) is 4. The third kappa shape index (κ3) is 4.79. The molecule has 6 heteroatoms. The van der Waals surface area contributed by atoms with Crippen LogP contribution in [0.3, 0.4) is 0 Å². The smallest absolute Gasteiger partial charge is 0.271 e. The molecule has 25 heavy (non-hydrogen) atoms. The van der Waals surface area contributed by atoms with Crippen LogP contribution in [0.5, 0.6) is 5.75 Å². The monoisotopic (exact) mass is 342 g/mol. The lowest BCUT2D eigenvalue weighted by Crippen LogP contribution is -2.32. The van der Waals surface area contributed by atoms with Gasteiger partial charge in [0.2, 0.25) is 0 Å². The molecule has 0 radical (unpaired) electrons. The lowest BCUT2D eigenvalue weighted by molar-refractivity contribution is -0.384. The van der Waals surface area contributed by atoms with Gasteiger partial charge in [-0.2, -0.15) is 0 Å². The number of non-ortho nitro benzene ring substituents is 1. The van der Waals surface area contributed by atoms with Crippen molar-refractivity contribution >= 4 is 17.3 Å². The first kappa shape index (κ1) is 18.4. The summed E-state index contributed by atoms with van der Waals surface area (Å²) in [6.07, 6.45) is -0.202. The molecule has 0 aliphatic rings. The molecule has 0 saturated carbocycles. The summed E-state index contributed by atoms with van der Waals surface area (Å²) < 4.78 is 5.83. The number of amides is 1. The summed E-state index contributed by atoms with van der Waals surface area (Å²) in [4.78, 5) is 23.0. The van der Waals surface area contributed by atoms with Crippen LogP contribution in [0.15, 0.2) is 36.4 Å². The van der Waals surface area contributed by atoms with Crippen molar-refractivity contribution in [2.24, 2.45) is 0 Å². The van der Waals surface area contributed by atoms with Crippen molar-refractivity contribution < 1.29 is 14.5 Å². The number of nitro benzene ring substituents is 1. The van der Waals surface area contributed by atoms with E-state index < -0.39 is 11.0 Å². The second-order valence-electron chi connectivity index (χ2n) is 6.08. The zero-order valence-corrected chi connectivity index (χ0v) is 14.8. The quantitative estimate of drug-likeness (QED) is 0.626. The Morgan fingerprint density at radius 1 is 1.16 bits per heavy atom. The molecule has 1 atom stereocenters. The number of carbonyl (C=O) groups excluding carboxylic acids is 1. The fourth-order valence-electron chi connectivity index (χ4n) is 2.56. The fraction of sp³-hybridized carbons (Fsp3) is 0.316. The van der Waals surface area contributed by atoms with Crippen LogP contribution >= 0.6 is 0 Å². The molecule has 0 heterocycles. The highest BCUT2D eigenvalue weighted by molar-refractivity contribution is 5.95. The number of hydrogen-bond donors (Lipinski definition) is 1. The molecule has 0 aliphatic heterocycles. The van der Waals surface area contributed by atoms with Gasteiger partial charge in [0.15, 0.2) is 6.10 Å². The molecular weight excluding hydrogens is 320 g/mol. The molecule has 0 fully saturated rings. The van der Waals surface area contributed by atoms with Crippen LogP contribution in [0.1, 0.15) is 30.0 Å². The predicted octanol–water partition coefficient (Wildman–Crippen LogP) is 4.32. The first-order valence-corrected chi connectivity index (χ1v) is 8.11. The van der Waals surface area contributed by atoms with Crippen LogP contribution in [0, 0.1) is 30.9 Å². The van der Waals surface area contributed by atoms with Gasteiger partial charge in [0, 0.05) is 12.1 Å². The summed E-state index contributed by atoms with van der Waals surface area (Å²) >= 11 is 0. The number of carbonyl (C=O) groups is 1. The van der Waals surface area contributed by atoms with Crippen LogP contribution in [0.4, 0.5) is 11.4 Å². The zero-order valence-electron chi connectivity index (χ0n) is 14.8. The highest BCUT2D eigenvalue weighted by Gasteiger charge is 2.20. The Bertz CT molecular complexity index is 782. The Labute approximate surface area is 147 Å². The van der Waals surface area contributed by atoms with Gasteiger partial charge in [0.05, 0.1) is 10.6 Å². The van der Waals surface area contributed by atoms with Crippen molar-refractivity contribution in [3.63, 3.8) is 0 Å². The van der Waals surface area contributed by atoms with E-state index in [0.29, 0.717) is 17.9 Å². The van der Waals surface area contributed by atoms with Gasteiger partial charge in [-0.3, -0.25) is 14.9 Å². The Kier molecular flexibility index (Phi) is 5.75. The number of anilines is 1. The van der Waals surface area contributed by atoms with Gasteiger partial charge in [0.1, 0.15) is 5.75 Å². The van der Waals surface area contributed by atoms with Gasteiger partial charge in [0.25, 0.3) is 11.6 Å². The lowest BCUT2D eigenvalue weighted by Gasteiger charge is -2.18. The summed E-state index contributed by atoms with van der Waals surface area (Å²) in [6, 6.07) is 10.2. The number of rotatable bonds is 6. The standard InChI is InChI=1S/C19H22N2O4/c1-5-18(25-16-9-12(2)8-13(3)10-16)19(22)20-17-11-15(21(23)24)7-6-14(17)4/h6-11,18H,5H2,1-4H3,(H,20,22)/t18-/m0/s1. The van der Waals surface area contributed by atoms with Gasteiger partial charge in [-0.25, -0.2) is 0 Å². The largest absolute Gasteiger partial charge is 0.481 e. The third-order valence-corrected chi connectivity index (χ3v) is 3.83. The predicted molar refractivity (Wildman–Crippen MR) is 97.1 cm³/mol. The average molecular weight is 342 g/mol. The Hall–Kier alpha value is -2.89. The van der Waals surface area contributed by atoms with Crippen LogP contribution in [0.2, 0.25) is 0 Å². The number of nitrogens with zero attached hydrogens (tertiary/aromatic N) is 1. The highest BCUT2D eigenvalue weighted by Crippen LogP contribution is 2.23. The molecule has 2 rings (SSSR count). The minimum atomic E-state index is -0.681. The molecule has 1 amide bonds. The number of nitrogens with one attached hydrogen (secondary N) is 1. The molecular formula is C19H22N2O4. The van der Waals surface area contributed by atoms with Crippen LogP contribution in [-0.2, 0) is 4.79 Å². The Morgan fingerprint density at radius 2 is 1.80 bits per heavy atom. The number of nitro groups is 1. The molecule has 0 bridgehead atoms. The Morgan fingerprint density at radius 3 is 2.36 bits per heavy atom. The summed E-state index contributed by atoms with van der Waals surface area (Å²) in [7, 11) is 0. The SMILES string of the molecule is CC[C@H](Oc1cc(C)cc(C)c1)C(=O)Nc1cc([N+](=O)[O-])ccc1C. The Balaban J connectivity index is 2.17. The molecule has 0 aliphatic carbocycles. The number of benzene rings is 2. The first-order chi connectivity index (χ1) is 11.8. The topological polar surface area (TPSA) is 81.5 Å². The maximum Gasteiger partial charge on any atom is 0.271 e. The summed E-state index contributed by atoms with van der Waals surface area (Å²) in [5.74, 6) is 0.306. The highest BCUT2D eigenvalue weighted by atomic mass is 16.6. The van der Waals surface area contributed by atoms with E-state index in [2.05, 4.69) is 5.32 Å². The average Bonchev–Trinajstić information content (AvgIpc) is 2.53. The van der Waals surface area contributed by atoms with Gasteiger partial charge < -0.3 is 10.1 Å². The van der Waals surface area contributed by atoms with Gasteiger partial charge in [-0.05, 0) is 56.0 Å². The summed E-state index contributed by atoms with van der Waals surface area (Å²) in [5, 5.41) is 13.7. The fourth-order valence-corrected chi connectivity index (χ4v) is 2.56. The maximum atomic E-state index is 12.5. The lowest BCUT2D eigenvalue weighted by atomic mass is 10.1. The summed E-state index contributed by atoms with van der Waals surface area (Å²) in [5.41, 5.74) is 3.21. The zero-order chi connectivity index (χ0) is 18.6. The van der Waals surface area contributed by atoms with Gasteiger partial charge in [-0.15, -0.1) is 0 Å². The molecule has 0 spiro atoms. The van der Waals surface area contributed by atoms with E-state index in [9.17, 15) is 14.9 Å². The molecule has 0 unspecified atom stereocenters. The van der Waals surface area contributed by atoms with E-state index in [4.69, 9.17) is 4.74 Å². The van der Waals surface area contributed by atoms with Crippen molar-refractivity contribution in [2.45, 2.75) is 40.2 Å². The molecule has 6 nitrogen and oxygen atoms in total. The minimum Gasteiger partial charge on any atom is -0.481 e. The van der Waals surface area contributed by atoms with E-state index >= 15 is 0 Å². The van der Waals surface area contributed by atoms with E-state index in [1.54, 1.807) is 13.0 Å². The van der Waals surface area contributed by atoms with Crippen LogP contribution in [-0.4, -0.2) is 16.9 Å². The summed E-state index contributed by atoms with van der Waals surface area (Å²) in [6.45, 7) is 7.57. The van der Waals surface area contributed by atoms with Crippen LogP contribution in [0.25, 0.3) is 0 Å².